The van der Waals surface area contributed by atoms with Crippen molar-refractivity contribution in [3.05, 3.63) is 53.2 Å². The van der Waals surface area contributed by atoms with Gasteiger partial charge in [-0.15, -0.1) is 0 Å². The quantitative estimate of drug-likeness (QED) is 0.397. The minimum atomic E-state index is -0.872. The van der Waals surface area contributed by atoms with Crippen LogP contribution >= 0.6 is 0 Å². The lowest BCUT2D eigenvalue weighted by Gasteiger charge is -2.31. The average molecular weight is 498 g/mol. The van der Waals surface area contributed by atoms with Crippen LogP contribution in [0.4, 0.5) is 10.5 Å². The van der Waals surface area contributed by atoms with Crippen molar-refractivity contribution in [2.45, 2.75) is 58.7 Å². The number of benzene rings is 1. The van der Waals surface area contributed by atoms with Crippen LogP contribution in [0.5, 0.6) is 5.88 Å². The van der Waals surface area contributed by atoms with Crippen molar-refractivity contribution in [2.75, 3.05) is 25.0 Å². The molecule has 2 heterocycles. The number of nitrogens with zero attached hydrogens (tertiary/aromatic N) is 2. The molecule has 3 amide bonds. The van der Waals surface area contributed by atoms with Crippen LogP contribution in [-0.4, -0.2) is 64.7 Å². The topological polar surface area (TPSA) is 133 Å². The zero-order chi connectivity index (χ0) is 26.1. The Morgan fingerprint density at radius 2 is 2.06 bits per heavy atom. The van der Waals surface area contributed by atoms with Gasteiger partial charge in [0.25, 0.3) is 5.91 Å². The molecule has 2 aromatic rings. The van der Waals surface area contributed by atoms with Gasteiger partial charge in [-0.2, -0.15) is 0 Å². The zero-order valence-corrected chi connectivity index (χ0v) is 21.0. The van der Waals surface area contributed by atoms with Crippen molar-refractivity contribution in [2.24, 2.45) is 0 Å². The maximum atomic E-state index is 12.7. The summed E-state index contributed by atoms with van der Waals surface area (Å²) in [6.45, 7) is 7.20. The maximum absolute atomic E-state index is 12.7. The number of hydrogen-bond donors (Lipinski definition) is 4. The molecule has 0 radical (unpaired) electrons. The first-order valence-electron chi connectivity index (χ1n) is 12.2. The molecule has 10 heteroatoms. The molecule has 3 rings (SSSR count). The van der Waals surface area contributed by atoms with E-state index in [2.05, 4.69) is 20.9 Å². The van der Waals surface area contributed by atoms with E-state index in [0.29, 0.717) is 31.1 Å². The molecule has 194 valence electrons. The Kier molecular flexibility index (Phi) is 9.63. The van der Waals surface area contributed by atoms with Crippen LogP contribution in [0.25, 0.3) is 0 Å². The van der Waals surface area contributed by atoms with Gasteiger partial charge in [0.05, 0.1) is 6.54 Å². The van der Waals surface area contributed by atoms with Gasteiger partial charge in [0.2, 0.25) is 5.88 Å². The van der Waals surface area contributed by atoms with Crippen LogP contribution in [0.2, 0.25) is 0 Å². The summed E-state index contributed by atoms with van der Waals surface area (Å²) in [4.78, 5) is 42.3. The van der Waals surface area contributed by atoms with E-state index in [-0.39, 0.29) is 31.1 Å². The van der Waals surface area contributed by atoms with E-state index in [9.17, 15) is 14.4 Å². The smallest absolute Gasteiger partial charge is 0.319 e. The standard InChI is InChI=1S/C26H35N5O5/c1-4-22(36-25-18(3)11-17(2)13-28-25)24(34)27-14-19-7-5-8-20(12-19)29-26(35)30-21-9-6-10-31(15-21)16-23(32)33/h5,7-8,11-13,21-22H,4,6,9-10,14-16H2,1-3H3,(H,27,34)(H,32,33)(H2,29,30,35)/t21?,22-/m1/s1. The highest BCUT2D eigenvalue weighted by Gasteiger charge is 2.23. The molecule has 1 unspecified atom stereocenters. The van der Waals surface area contributed by atoms with E-state index in [1.165, 1.54) is 0 Å². The molecule has 0 aliphatic carbocycles. The monoisotopic (exact) mass is 497 g/mol. The second-order valence-corrected chi connectivity index (χ2v) is 9.13. The summed E-state index contributed by atoms with van der Waals surface area (Å²) in [7, 11) is 0. The van der Waals surface area contributed by atoms with Crippen molar-refractivity contribution in [1.82, 2.24) is 20.5 Å². The van der Waals surface area contributed by atoms with Gasteiger partial charge in [-0.05, 0) is 69.0 Å². The lowest BCUT2D eigenvalue weighted by Crippen LogP contribution is -2.49. The molecule has 10 nitrogen and oxygen atoms in total. The number of amides is 3. The number of carboxylic acids is 1. The third kappa shape index (κ3) is 8.23. The van der Waals surface area contributed by atoms with Gasteiger partial charge in [0.15, 0.2) is 6.10 Å². The van der Waals surface area contributed by atoms with Gasteiger partial charge in [0.1, 0.15) is 0 Å². The summed E-state index contributed by atoms with van der Waals surface area (Å²) in [5.74, 6) is -0.662. The highest BCUT2D eigenvalue weighted by Crippen LogP contribution is 2.18. The first-order valence-corrected chi connectivity index (χ1v) is 12.2. The summed E-state index contributed by atoms with van der Waals surface area (Å²) in [6, 6.07) is 8.73. The zero-order valence-electron chi connectivity index (χ0n) is 21.0. The molecule has 0 saturated carbocycles. The Bertz CT molecular complexity index is 1080. The number of carbonyl (C=O) groups excluding carboxylic acids is 2. The lowest BCUT2D eigenvalue weighted by molar-refractivity contribution is -0.138. The van der Waals surface area contributed by atoms with Crippen LogP contribution in [0.15, 0.2) is 36.5 Å². The fraction of sp³-hybridized carbons (Fsp3) is 0.462. The Morgan fingerprint density at radius 3 is 2.78 bits per heavy atom. The Morgan fingerprint density at radius 1 is 1.25 bits per heavy atom. The van der Waals surface area contributed by atoms with Gasteiger partial charge >= 0.3 is 12.0 Å². The van der Waals surface area contributed by atoms with E-state index < -0.39 is 12.1 Å². The van der Waals surface area contributed by atoms with Crippen LogP contribution in [0.1, 0.15) is 42.9 Å². The molecule has 1 saturated heterocycles. The maximum Gasteiger partial charge on any atom is 0.319 e. The summed E-state index contributed by atoms with van der Waals surface area (Å²) < 4.78 is 5.85. The molecule has 1 aromatic heterocycles. The molecule has 1 aliphatic rings. The van der Waals surface area contributed by atoms with E-state index in [4.69, 9.17) is 9.84 Å². The average Bonchev–Trinajstić information content (AvgIpc) is 2.82. The van der Waals surface area contributed by atoms with Crippen LogP contribution in [-0.2, 0) is 16.1 Å². The molecule has 0 spiro atoms. The van der Waals surface area contributed by atoms with E-state index in [1.807, 2.05) is 37.8 Å². The molecule has 1 aliphatic heterocycles. The molecule has 1 fully saturated rings. The van der Waals surface area contributed by atoms with Crippen LogP contribution in [0, 0.1) is 13.8 Å². The van der Waals surface area contributed by atoms with Crippen molar-refractivity contribution < 1.29 is 24.2 Å². The molecule has 2 atom stereocenters. The minimum absolute atomic E-state index is 0.0291. The number of urea groups is 1. The number of likely N-dealkylation sites (tertiary alicyclic amines) is 1. The fourth-order valence-electron chi connectivity index (χ4n) is 4.21. The predicted octanol–water partition coefficient (Wildman–Crippen LogP) is 2.84. The minimum Gasteiger partial charge on any atom is -0.480 e. The highest BCUT2D eigenvalue weighted by atomic mass is 16.5. The molecule has 4 N–H and O–H groups in total. The Hall–Kier alpha value is -3.66. The summed E-state index contributed by atoms with van der Waals surface area (Å²) in [5, 5.41) is 17.6. The number of anilines is 1. The van der Waals surface area contributed by atoms with Gasteiger partial charge in [-0.25, -0.2) is 9.78 Å². The SMILES string of the molecule is CC[C@@H](Oc1ncc(C)cc1C)C(=O)NCc1cccc(NC(=O)NC2CCCN(CC(=O)O)C2)c1. The third-order valence-corrected chi connectivity index (χ3v) is 5.94. The molecule has 0 bridgehead atoms. The number of carbonyl (C=O) groups is 3. The number of ether oxygens (including phenoxy) is 1. The predicted molar refractivity (Wildman–Crippen MR) is 136 cm³/mol. The molecule has 1 aromatic carbocycles. The number of aryl methyl sites for hydroxylation is 2. The summed E-state index contributed by atoms with van der Waals surface area (Å²) >= 11 is 0. The lowest BCUT2D eigenvalue weighted by atomic mass is 10.1. The number of hydrogen-bond acceptors (Lipinski definition) is 6. The summed E-state index contributed by atoms with van der Waals surface area (Å²) in [6.07, 6.45) is 3.17. The number of pyridine rings is 1. The first kappa shape index (κ1) is 26.9. The Balaban J connectivity index is 1.50. The number of piperidine rings is 1. The van der Waals surface area contributed by atoms with Gasteiger partial charge in [0, 0.05) is 36.6 Å². The van der Waals surface area contributed by atoms with Crippen LogP contribution in [0.3, 0.4) is 0 Å². The third-order valence-electron chi connectivity index (χ3n) is 5.94. The van der Waals surface area contributed by atoms with Crippen molar-refractivity contribution in [3.63, 3.8) is 0 Å². The number of carboxylic acid groups (broad SMARTS) is 1. The van der Waals surface area contributed by atoms with Crippen molar-refractivity contribution in [3.8, 4) is 5.88 Å². The van der Waals surface area contributed by atoms with E-state index >= 15 is 0 Å². The van der Waals surface area contributed by atoms with E-state index in [1.54, 1.807) is 24.4 Å². The number of rotatable bonds is 10. The van der Waals surface area contributed by atoms with E-state index in [0.717, 1.165) is 29.5 Å². The Labute approximate surface area is 211 Å². The molecule has 36 heavy (non-hydrogen) atoms. The van der Waals surface area contributed by atoms with Gasteiger partial charge in [-0.3, -0.25) is 14.5 Å². The molecular weight excluding hydrogens is 462 g/mol. The first-order chi connectivity index (χ1) is 17.2. The second-order valence-electron chi connectivity index (χ2n) is 9.13. The van der Waals surface area contributed by atoms with Gasteiger partial charge in [-0.1, -0.05) is 19.1 Å². The van der Waals surface area contributed by atoms with Crippen molar-refractivity contribution in [1.29, 1.82) is 0 Å². The summed E-state index contributed by atoms with van der Waals surface area (Å²) in [5.41, 5.74) is 3.32. The fourth-order valence-corrected chi connectivity index (χ4v) is 4.21. The largest absolute Gasteiger partial charge is 0.480 e. The van der Waals surface area contributed by atoms with Crippen LogP contribution < -0.4 is 20.7 Å². The molecular formula is C26H35N5O5. The number of aliphatic carboxylic acids is 1. The number of nitrogens with one attached hydrogen (secondary N) is 3. The van der Waals surface area contributed by atoms with Crippen molar-refractivity contribution >= 4 is 23.6 Å². The number of aromatic nitrogens is 1. The second kappa shape index (κ2) is 12.9. The highest BCUT2D eigenvalue weighted by molar-refractivity contribution is 5.89. The normalized spacial score (nSPS) is 16.6. The van der Waals surface area contributed by atoms with Gasteiger partial charge < -0.3 is 25.8 Å².